The normalized spacial score (nSPS) is 27.7. The molecule has 2 aliphatic rings. The maximum atomic E-state index is 9.97. The third-order valence-electron chi connectivity index (χ3n) is 4.72. The summed E-state index contributed by atoms with van der Waals surface area (Å²) in [6, 6.07) is 0. The molecule has 21 heavy (non-hydrogen) atoms. The van der Waals surface area contributed by atoms with E-state index in [1.165, 1.54) is 38.5 Å². The van der Waals surface area contributed by atoms with Gasteiger partial charge in [-0.1, -0.05) is 26.2 Å². The van der Waals surface area contributed by atoms with Crippen LogP contribution in [0.3, 0.4) is 0 Å². The Hall–Kier alpha value is -0.160. The van der Waals surface area contributed by atoms with Gasteiger partial charge in [0.1, 0.15) is 0 Å². The second-order valence-corrected chi connectivity index (χ2v) is 6.70. The van der Waals surface area contributed by atoms with Crippen molar-refractivity contribution in [3.8, 4) is 0 Å². The Bertz CT molecular complexity index is 271. The van der Waals surface area contributed by atoms with Gasteiger partial charge < -0.3 is 19.9 Å². The molecule has 0 aromatic heterocycles. The molecule has 0 amide bonds. The molecule has 0 saturated heterocycles. The number of hydrogen-bond donors (Lipinski definition) is 2. The summed E-state index contributed by atoms with van der Waals surface area (Å²) in [6.07, 6.45) is 8.87. The molecule has 0 spiro atoms. The van der Waals surface area contributed by atoms with Crippen LogP contribution >= 0.6 is 0 Å². The highest BCUT2D eigenvalue weighted by atomic mass is 16.5. The van der Waals surface area contributed by atoms with Crippen molar-refractivity contribution < 1.29 is 14.6 Å². The fourth-order valence-electron chi connectivity index (χ4n) is 3.10. The first kappa shape index (κ1) is 17.2. The van der Waals surface area contributed by atoms with E-state index in [1.807, 2.05) is 0 Å². The second kappa shape index (κ2) is 9.78. The van der Waals surface area contributed by atoms with Gasteiger partial charge in [-0.3, -0.25) is 0 Å². The van der Waals surface area contributed by atoms with E-state index < -0.39 is 6.10 Å². The maximum absolute atomic E-state index is 9.97. The van der Waals surface area contributed by atoms with Gasteiger partial charge in [0.05, 0.1) is 25.4 Å². The molecule has 2 saturated carbocycles. The number of hydrogen-bond acceptors (Lipinski definition) is 4. The van der Waals surface area contributed by atoms with Crippen molar-refractivity contribution in [3.05, 3.63) is 0 Å². The predicted octanol–water partition coefficient (Wildman–Crippen LogP) is 2.35. The fraction of sp³-hybridized carbons (Fsp3) is 1.00. The maximum Gasteiger partial charge on any atom is 0.0897 e. The smallest absolute Gasteiger partial charge is 0.0897 e. The number of aliphatic hydroxyl groups excluding tert-OH is 1. The SMILES string of the molecule is CCC1CCCCC1OCC(O)CNCCOCC1CC1. The lowest BCUT2D eigenvalue weighted by atomic mass is 9.85. The lowest BCUT2D eigenvalue weighted by Gasteiger charge is -2.31. The first-order valence-electron chi connectivity index (χ1n) is 8.87. The first-order chi connectivity index (χ1) is 10.3. The summed E-state index contributed by atoms with van der Waals surface area (Å²) >= 11 is 0. The Balaban J connectivity index is 1.45. The molecule has 0 aromatic carbocycles. The third-order valence-corrected chi connectivity index (χ3v) is 4.72. The average Bonchev–Trinajstić information content (AvgIpc) is 3.33. The van der Waals surface area contributed by atoms with E-state index in [0.29, 0.717) is 25.2 Å². The molecule has 4 heteroatoms. The molecule has 0 bridgehead atoms. The van der Waals surface area contributed by atoms with Crippen molar-refractivity contribution in [1.82, 2.24) is 5.32 Å². The lowest BCUT2D eigenvalue weighted by molar-refractivity contribution is -0.0500. The minimum Gasteiger partial charge on any atom is -0.389 e. The summed E-state index contributed by atoms with van der Waals surface area (Å²) in [6.45, 7) is 5.75. The van der Waals surface area contributed by atoms with Crippen LogP contribution in [0.25, 0.3) is 0 Å². The molecule has 2 aliphatic carbocycles. The molecule has 4 nitrogen and oxygen atoms in total. The van der Waals surface area contributed by atoms with Crippen LogP contribution in [0.4, 0.5) is 0 Å². The molecular weight excluding hydrogens is 266 g/mol. The van der Waals surface area contributed by atoms with Gasteiger partial charge in [0.25, 0.3) is 0 Å². The molecular formula is C17H33NO3. The standard InChI is InChI=1S/C17H33NO3/c1-2-15-5-3-4-6-17(15)21-13-16(19)11-18-9-10-20-12-14-7-8-14/h14-19H,2-13H2,1H3. The molecule has 2 rings (SSSR count). The van der Waals surface area contributed by atoms with Crippen LogP contribution in [0.1, 0.15) is 51.9 Å². The van der Waals surface area contributed by atoms with E-state index in [0.717, 1.165) is 32.1 Å². The van der Waals surface area contributed by atoms with Gasteiger partial charge in [-0.15, -0.1) is 0 Å². The Morgan fingerprint density at radius 1 is 1.19 bits per heavy atom. The van der Waals surface area contributed by atoms with E-state index in [-0.39, 0.29) is 0 Å². The van der Waals surface area contributed by atoms with Crippen LogP contribution in [-0.4, -0.2) is 50.2 Å². The zero-order valence-corrected chi connectivity index (χ0v) is 13.6. The van der Waals surface area contributed by atoms with Gasteiger partial charge in [0, 0.05) is 19.7 Å². The van der Waals surface area contributed by atoms with Gasteiger partial charge in [-0.2, -0.15) is 0 Å². The van der Waals surface area contributed by atoms with Crippen molar-refractivity contribution in [3.63, 3.8) is 0 Å². The van der Waals surface area contributed by atoms with Crippen LogP contribution in [0.2, 0.25) is 0 Å². The third kappa shape index (κ3) is 7.09. The Labute approximate surface area is 129 Å². The van der Waals surface area contributed by atoms with Crippen LogP contribution in [0.5, 0.6) is 0 Å². The van der Waals surface area contributed by atoms with Gasteiger partial charge in [-0.25, -0.2) is 0 Å². The molecule has 0 radical (unpaired) electrons. The quantitative estimate of drug-likeness (QED) is 0.575. The molecule has 2 N–H and O–H groups in total. The Morgan fingerprint density at radius 3 is 2.76 bits per heavy atom. The van der Waals surface area contributed by atoms with Gasteiger partial charge >= 0.3 is 0 Å². The Kier molecular flexibility index (Phi) is 8.01. The van der Waals surface area contributed by atoms with Crippen molar-refractivity contribution >= 4 is 0 Å². The van der Waals surface area contributed by atoms with Gasteiger partial charge in [0.2, 0.25) is 0 Å². The summed E-state index contributed by atoms with van der Waals surface area (Å²) in [5.74, 6) is 1.51. The average molecular weight is 299 g/mol. The van der Waals surface area contributed by atoms with E-state index in [2.05, 4.69) is 12.2 Å². The highest BCUT2D eigenvalue weighted by Gasteiger charge is 2.24. The zero-order chi connectivity index (χ0) is 14.9. The zero-order valence-electron chi connectivity index (χ0n) is 13.6. The van der Waals surface area contributed by atoms with Crippen molar-refractivity contribution in [2.24, 2.45) is 11.8 Å². The fourth-order valence-corrected chi connectivity index (χ4v) is 3.10. The number of aliphatic hydroxyl groups is 1. The van der Waals surface area contributed by atoms with Crippen molar-refractivity contribution in [2.75, 3.05) is 32.9 Å². The summed E-state index contributed by atoms with van der Waals surface area (Å²) in [4.78, 5) is 0. The molecule has 3 unspecified atom stereocenters. The Morgan fingerprint density at radius 2 is 2.00 bits per heavy atom. The van der Waals surface area contributed by atoms with E-state index in [4.69, 9.17) is 9.47 Å². The lowest BCUT2D eigenvalue weighted by Crippen LogP contribution is -2.36. The minimum atomic E-state index is -0.409. The van der Waals surface area contributed by atoms with Crippen molar-refractivity contribution in [2.45, 2.75) is 64.1 Å². The topological polar surface area (TPSA) is 50.7 Å². The summed E-state index contributed by atoms with van der Waals surface area (Å²) in [5, 5.41) is 13.2. The molecule has 0 aromatic rings. The molecule has 0 aliphatic heterocycles. The van der Waals surface area contributed by atoms with Crippen molar-refractivity contribution in [1.29, 1.82) is 0 Å². The molecule has 0 heterocycles. The van der Waals surface area contributed by atoms with E-state index in [9.17, 15) is 5.11 Å². The summed E-state index contributed by atoms with van der Waals surface area (Å²) < 4.78 is 11.5. The molecule has 124 valence electrons. The molecule has 3 atom stereocenters. The summed E-state index contributed by atoms with van der Waals surface area (Å²) in [5.41, 5.74) is 0. The van der Waals surface area contributed by atoms with Crippen LogP contribution in [0.15, 0.2) is 0 Å². The van der Waals surface area contributed by atoms with E-state index in [1.54, 1.807) is 0 Å². The monoisotopic (exact) mass is 299 g/mol. The first-order valence-corrected chi connectivity index (χ1v) is 8.87. The molecule has 2 fully saturated rings. The number of nitrogens with one attached hydrogen (secondary N) is 1. The number of ether oxygens (including phenoxy) is 2. The second-order valence-electron chi connectivity index (χ2n) is 6.70. The highest BCUT2D eigenvalue weighted by Crippen LogP contribution is 2.29. The highest BCUT2D eigenvalue weighted by molar-refractivity contribution is 4.75. The summed E-state index contributed by atoms with van der Waals surface area (Å²) in [7, 11) is 0. The van der Waals surface area contributed by atoms with Crippen LogP contribution in [-0.2, 0) is 9.47 Å². The predicted molar refractivity (Wildman–Crippen MR) is 84.4 cm³/mol. The van der Waals surface area contributed by atoms with Crippen LogP contribution < -0.4 is 5.32 Å². The van der Waals surface area contributed by atoms with E-state index >= 15 is 0 Å². The van der Waals surface area contributed by atoms with Gasteiger partial charge in [-0.05, 0) is 37.5 Å². The minimum absolute atomic E-state index is 0.361. The number of rotatable bonds is 11. The van der Waals surface area contributed by atoms with Crippen LogP contribution in [0, 0.1) is 11.8 Å². The largest absolute Gasteiger partial charge is 0.389 e. The van der Waals surface area contributed by atoms with Gasteiger partial charge in [0.15, 0.2) is 0 Å².